The number of H-pyrrole nitrogens is 2. The first-order valence-corrected chi connectivity index (χ1v) is 9.43. The monoisotopic (exact) mass is 480 g/mol. The van der Waals surface area contributed by atoms with Crippen molar-refractivity contribution < 1.29 is 19.8 Å². The number of nitrogens with one attached hydrogen (secondary N) is 2. The number of carbonyl (C=O) groups excluding carboxylic acids is 2. The first kappa shape index (κ1) is 25.0. The van der Waals surface area contributed by atoms with Gasteiger partial charge in [0.25, 0.3) is 0 Å². The van der Waals surface area contributed by atoms with Crippen LogP contribution in [0.15, 0.2) is 73.1 Å². The van der Waals surface area contributed by atoms with Crippen LogP contribution in [0.1, 0.15) is 21.0 Å². The number of carbonyl (C=O) groups is 2. The van der Waals surface area contributed by atoms with Crippen LogP contribution in [0.5, 0.6) is 0 Å². The van der Waals surface area contributed by atoms with E-state index in [0.717, 1.165) is 11.1 Å². The topological polar surface area (TPSA) is 112 Å². The number of hydrogen-bond acceptors (Lipinski definition) is 4. The molecule has 0 saturated carbocycles. The van der Waals surface area contributed by atoms with Crippen molar-refractivity contribution in [3.05, 3.63) is 94.5 Å². The molecule has 4 aromatic rings. The summed E-state index contributed by atoms with van der Waals surface area (Å²) < 4.78 is 0. The largest absolute Gasteiger partial charge is 2.00 e. The van der Waals surface area contributed by atoms with Gasteiger partial charge in [0.1, 0.15) is 0 Å². The molecule has 0 aliphatic rings. The minimum atomic E-state index is -1.26. The van der Waals surface area contributed by atoms with Crippen LogP contribution in [0.4, 0.5) is 0 Å². The first-order chi connectivity index (χ1) is 14.4. The summed E-state index contributed by atoms with van der Waals surface area (Å²) in [5.41, 5.74) is 2.46. The van der Waals surface area contributed by atoms with Gasteiger partial charge in [-0.2, -0.15) is 0 Å². The van der Waals surface area contributed by atoms with Crippen LogP contribution in [0, 0.1) is 0 Å². The Morgan fingerprint density at radius 3 is 1.26 bits per heavy atom. The van der Waals surface area contributed by atoms with Gasteiger partial charge in [0.05, 0.1) is 33.4 Å². The van der Waals surface area contributed by atoms with E-state index in [0.29, 0.717) is 21.2 Å². The Kier molecular flexibility index (Phi) is 9.22. The van der Waals surface area contributed by atoms with Crippen molar-refractivity contribution in [1.29, 1.82) is 0 Å². The fraction of sp³-hybridized carbons (Fsp3) is 0. The molecular formula is C22H14CaCl2N2O4. The molecule has 31 heavy (non-hydrogen) atoms. The first-order valence-electron chi connectivity index (χ1n) is 8.67. The van der Waals surface area contributed by atoms with Crippen molar-refractivity contribution in [3.8, 4) is 22.3 Å². The van der Waals surface area contributed by atoms with Crippen molar-refractivity contribution in [2.45, 2.75) is 0 Å². The summed E-state index contributed by atoms with van der Waals surface area (Å²) in [4.78, 5) is 26.8. The second kappa shape index (κ2) is 11.4. The van der Waals surface area contributed by atoms with E-state index in [9.17, 15) is 19.8 Å². The summed E-state index contributed by atoms with van der Waals surface area (Å²) in [5, 5.41) is 22.4. The molecule has 4 rings (SSSR count). The number of rotatable bonds is 4. The van der Waals surface area contributed by atoms with Gasteiger partial charge < -0.3 is 29.8 Å². The molecule has 0 atom stereocenters. The number of hydrogen-bond donors (Lipinski definition) is 2. The minimum absolute atomic E-state index is 0. The minimum Gasteiger partial charge on any atom is -0.543 e. The normalized spacial score (nSPS) is 9.87. The van der Waals surface area contributed by atoms with E-state index in [1.165, 1.54) is 12.4 Å². The van der Waals surface area contributed by atoms with Gasteiger partial charge in [-0.1, -0.05) is 83.9 Å². The molecule has 0 radical (unpaired) electrons. The quantitative estimate of drug-likeness (QED) is 0.437. The Hall–Kier alpha value is -2.22. The number of benzene rings is 2. The zero-order valence-electron chi connectivity index (χ0n) is 16.0. The van der Waals surface area contributed by atoms with E-state index in [4.69, 9.17) is 23.2 Å². The molecule has 2 aromatic carbocycles. The Morgan fingerprint density at radius 1 is 0.645 bits per heavy atom. The van der Waals surface area contributed by atoms with E-state index in [1.807, 2.05) is 36.4 Å². The van der Waals surface area contributed by atoms with Crippen LogP contribution >= 0.6 is 23.2 Å². The molecule has 0 aliphatic heterocycles. The number of carboxylic acids is 2. The van der Waals surface area contributed by atoms with Crippen molar-refractivity contribution in [2.75, 3.05) is 0 Å². The number of aromatic carboxylic acids is 2. The number of halogens is 2. The van der Waals surface area contributed by atoms with E-state index in [-0.39, 0.29) is 49.1 Å². The van der Waals surface area contributed by atoms with Crippen LogP contribution in [-0.2, 0) is 0 Å². The SMILES string of the molecule is O=C([O-])c1[nH]cc(Cl)c1-c1ccccc1.O=C([O-])c1[nH]cc(Cl)c1-c1ccccc1.[Ca+2]. The second-order valence-electron chi connectivity index (χ2n) is 6.08. The van der Waals surface area contributed by atoms with Gasteiger partial charge in [-0.05, 0) is 11.1 Å². The van der Waals surface area contributed by atoms with Crippen molar-refractivity contribution in [2.24, 2.45) is 0 Å². The van der Waals surface area contributed by atoms with Crippen molar-refractivity contribution >= 4 is 72.9 Å². The van der Waals surface area contributed by atoms with E-state index >= 15 is 0 Å². The number of carboxylic acid groups (broad SMARTS) is 2. The Balaban J connectivity index is 0.000000213. The molecule has 0 spiro atoms. The maximum atomic E-state index is 10.8. The van der Waals surface area contributed by atoms with Gasteiger partial charge in [-0.3, -0.25) is 0 Å². The molecule has 152 valence electrons. The molecule has 6 nitrogen and oxygen atoms in total. The van der Waals surface area contributed by atoms with Gasteiger partial charge in [-0.25, -0.2) is 0 Å². The Labute approximate surface area is 217 Å². The fourth-order valence-electron chi connectivity index (χ4n) is 2.89. The number of aromatic amines is 2. The predicted octanol–water partition coefficient (Wildman–Crippen LogP) is 3.02. The van der Waals surface area contributed by atoms with Gasteiger partial charge in [0.15, 0.2) is 0 Å². The van der Waals surface area contributed by atoms with Crippen LogP contribution in [0.3, 0.4) is 0 Å². The maximum absolute atomic E-state index is 10.8. The molecule has 2 N–H and O–H groups in total. The zero-order valence-corrected chi connectivity index (χ0v) is 19.7. The summed E-state index contributed by atoms with van der Waals surface area (Å²) in [6.45, 7) is 0. The third-order valence-electron chi connectivity index (χ3n) is 4.20. The van der Waals surface area contributed by atoms with E-state index < -0.39 is 11.9 Å². The molecular weight excluding hydrogens is 467 g/mol. The summed E-state index contributed by atoms with van der Waals surface area (Å²) >= 11 is 11.8. The van der Waals surface area contributed by atoms with Crippen LogP contribution < -0.4 is 10.2 Å². The summed E-state index contributed by atoms with van der Waals surface area (Å²) in [6.07, 6.45) is 2.88. The molecule has 0 aliphatic carbocycles. The smallest absolute Gasteiger partial charge is 0.543 e. The van der Waals surface area contributed by atoms with Gasteiger partial charge in [0, 0.05) is 23.5 Å². The molecule has 9 heteroatoms. The second-order valence-corrected chi connectivity index (χ2v) is 6.89. The van der Waals surface area contributed by atoms with E-state index in [1.54, 1.807) is 24.3 Å². The van der Waals surface area contributed by atoms with E-state index in [2.05, 4.69) is 9.97 Å². The summed E-state index contributed by atoms with van der Waals surface area (Å²) in [5.74, 6) is -2.53. The third kappa shape index (κ3) is 5.93. The third-order valence-corrected chi connectivity index (χ3v) is 4.79. The molecule has 0 unspecified atom stereocenters. The standard InChI is InChI=1S/2C11H8ClNO2.Ca/c2*12-8-6-13-10(11(14)15)9(8)7-4-2-1-3-5-7;/h2*1-6,13H,(H,14,15);/q;;+2/p-2. The van der Waals surface area contributed by atoms with Crippen LogP contribution in [0.2, 0.25) is 10.0 Å². The molecule has 0 bridgehead atoms. The van der Waals surface area contributed by atoms with Crippen LogP contribution in [-0.4, -0.2) is 59.6 Å². The predicted molar refractivity (Wildman–Crippen MR) is 117 cm³/mol. The zero-order chi connectivity index (χ0) is 21.7. The number of aromatic nitrogens is 2. The average molecular weight is 481 g/mol. The summed E-state index contributed by atoms with van der Waals surface area (Å²) in [7, 11) is 0. The molecule has 0 saturated heterocycles. The van der Waals surface area contributed by atoms with Gasteiger partial charge in [0.2, 0.25) is 0 Å². The molecule has 2 aromatic heterocycles. The average Bonchev–Trinajstić information content (AvgIpc) is 3.33. The van der Waals surface area contributed by atoms with Crippen molar-refractivity contribution in [1.82, 2.24) is 9.97 Å². The van der Waals surface area contributed by atoms with Crippen LogP contribution in [0.25, 0.3) is 22.3 Å². The van der Waals surface area contributed by atoms with Gasteiger partial charge >= 0.3 is 37.7 Å². The molecule has 0 amide bonds. The summed E-state index contributed by atoms with van der Waals surface area (Å²) in [6, 6.07) is 18.1. The molecule has 0 fully saturated rings. The Bertz CT molecular complexity index is 1080. The fourth-order valence-corrected chi connectivity index (χ4v) is 3.41. The van der Waals surface area contributed by atoms with Crippen molar-refractivity contribution in [3.63, 3.8) is 0 Å². The Morgan fingerprint density at radius 2 is 0.968 bits per heavy atom. The maximum Gasteiger partial charge on any atom is 2.00 e. The molecule has 2 heterocycles. The van der Waals surface area contributed by atoms with Gasteiger partial charge in [-0.15, -0.1) is 0 Å².